The highest BCUT2D eigenvalue weighted by atomic mass is 16.6. The molecule has 0 spiro atoms. The molecule has 1 aromatic heterocycles. The fourth-order valence-corrected chi connectivity index (χ4v) is 2.97. The minimum atomic E-state index is -0.426. The van der Waals surface area contributed by atoms with Gasteiger partial charge in [0.2, 0.25) is 0 Å². The minimum absolute atomic E-state index is 0.0253. The van der Waals surface area contributed by atoms with Gasteiger partial charge in [0.15, 0.2) is 0 Å². The number of ether oxygens (including phenoxy) is 2. The minimum Gasteiger partial charge on any atom is -0.444 e. The van der Waals surface area contributed by atoms with Gasteiger partial charge in [-0.3, -0.25) is 9.97 Å². The standard InChI is InChI=1S/C19H31N3O3/c1-15(17-14-20-9-10-21-17)24-13-5-6-16-7-11-22(12-8-16)18(23)25-19(2,3)4/h9-10,14-16H,5-8,11-13H2,1-4H3/t15-/m1/s1. The first-order valence-corrected chi connectivity index (χ1v) is 9.20. The highest BCUT2D eigenvalue weighted by Crippen LogP contribution is 2.24. The van der Waals surface area contributed by atoms with Crippen LogP contribution in [0.5, 0.6) is 0 Å². The van der Waals surface area contributed by atoms with Gasteiger partial charge in [-0.1, -0.05) is 0 Å². The van der Waals surface area contributed by atoms with Crippen LogP contribution in [0.2, 0.25) is 0 Å². The van der Waals surface area contributed by atoms with Crippen molar-refractivity contribution in [3.8, 4) is 0 Å². The van der Waals surface area contributed by atoms with Crippen molar-refractivity contribution in [2.24, 2.45) is 5.92 Å². The van der Waals surface area contributed by atoms with Crippen molar-refractivity contribution in [2.75, 3.05) is 19.7 Å². The molecule has 6 nitrogen and oxygen atoms in total. The summed E-state index contributed by atoms with van der Waals surface area (Å²) >= 11 is 0. The number of piperidine rings is 1. The van der Waals surface area contributed by atoms with Crippen LogP contribution in [0.25, 0.3) is 0 Å². The molecule has 25 heavy (non-hydrogen) atoms. The summed E-state index contributed by atoms with van der Waals surface area (Å²) in [4.78, 5) is 22.2. The number of rotatable bonds is 6. The zero-order valence-electron chi connectivity index (χ0n) is 15.9. The maximum Gasteiger partial charge on any atom is 0.410 e. The van der Waals surface area contributed by atoms with E-state index in [0.29, 0.717) is 5.92 Å². The first kappa shape index (κ1) is 19.6. The van der Waals surface area contributed by atoms with E-state index in [2.05, 4.69) is 9.97 Å². The quantitative estimate of drug-likeness (QED) is 0.727. The summed E-state index contributed by atoms with van der Waals surface area (Å²) in [5.74, 6) is 0.661. The number of hydrogen-bond donors (Lipinski definition) is 0. The highest BCUT2D eigenvalue weighted by Gasteiger charge is 2.26. The normalized spacial score (nSPS) is 17.4. The second kappa shape index (κ2) is 9.13. The molecule has 2 heterocycles. The largest absolute Gasteiger partial charge is 0.444 e. The topological polar surface area (TPSA) is 64.5 Å². The molecule has 1 atom stereocenters. The van der Waals surface area contributed by atoms with E-state index in [9.17, 15) is 4.79 Å². The third-order valence-electron chi connectivity index (χ3n) is 4.39. The van der Waals surface area contributed by atoms with E-state index in [0.717, 1.165) is 51.1 Å². The molecule has 0 aromatic carbocycles. The number of aromatic nitrogens is 2. The molecule has 0 radical (unpaired) electrons. The van der Waals surface area contributed by atoms with Crippen LogP contribution in [0.4, 0.5) is 4.79 Å². The van der Waals surface area contributed by atoms with E-state index >= 15 is 0 Å². The molecular weight excluding hydrogens is 318 g/mol. The summed E-state index contributed by atoms with van der Waals surface area (Å²) in [7, 11) is 0. The van der Waals surface area contributed by atoms with Crippen LogP contribution >= 0.6 is 0 Å². The molecule has 140 valence electrons. The summed E-state index contributed by atoms with van der Waals surface area (Å²) in [6.45, 7) is 10.0. The summed E-state index contributed by atoms with van der Waals surface area (Å²) < 4.78 is 11.3. The Labute approximate surface area is 150 Å². The zero-order chi connectivity index (χ0) is 18.3. The van der Waals surface area contributed by atoms with E-state index in [1.54, 1.807) is 18.6 Å². The van der Waals surface area contributed by atoms with Crippen LogP contribution in [0.3, 0.4) is 0 Å². The molecule has 0 N–H and O–H groups in total. The van der Waals surface area contributed by atoms with Crippen molar-refractivity contribution in [3.05, 3.63) is 24.3 Å². The Morgan fingerprint density at radius 2 is 2.04 bits per heavy atom. The molecule has 6 heteroatoms. The second-order valence-corrected chi connectivity index (χ2v) is 7.70. The number of likely N-dealkylation sites (tertiary alicyclic amines) is 1. The van der Waals surface area contributed by atoms with Gasteiger partial charge in [-0.25, -0.2) is 4.79 Å². The van der Waals surface area contributed by atoms with Crippen molar-refractivity contribution in [1.29, 1.82) is 0 Å². The second-order valence-electron chi connectivity index (χ2n) is 7.70. The van der Waals surface area contributed by atoms with E-state index in [1.165, 1.54) is 0 Å². The molecule has 1 aromatic rings. The molecule has 1 amide bonds. The molecule has 1 fully saturated rings. The lowest BCUT2D eigenvalue weighted by atomic mass is 9.92. The Kier molecular flexibility index (Phi) is 7.17. The van der Waals surface area contributed by atoms with Gasteiger partial charge in [0.1, 0.15) is 5.60 Å². The van der Waals surface area contributed by atoms with Gasteiger partial charge in [0.25, 0.3) is 0 Å². The third kappa shape index (κ3) is 6.98. The predicted molar refractivity (Wildman–Crippen MR) is 96.2 cm³/mol. The molecular formula is C19H31N3O3. The summed E-state index contributed by atoms with van der Waals surface area (Å²) in [5, 5.41) is 0. The SMILES string of the molecule is C[C@@H](OCCCC1CCN(C(=O)OC(C)(C)C)CC1)c1cnccn1. The molecule has 0 bridgehead atoms. The third-order valence-corrected chi connectivity index (χ3v) is 4.39. The van der Waals surface area contributed by atoms with E-state index in [-0.39, 0.29) is 12.2 Å². The van der Waals surface area contributed by atoms with Gasteiger partial charge in [0, 0.05) is 32.1 Å². The Morgan fingerprint density at radius 3 is 2.64 bits per heavy atom. The van der Waals surface area contributed by atoms with Crippen LogP contribution in [0, 0.1) is 5.92 Å². The fraction of sp³-hybridized carbons (Fsp3) is 0.737. The molecule has 1 saturated heterocycles. The van der Waals surface area contributed by atoms with Crippen LogP contribution in [0.15, 0.2) is 18.6 Å². The number of hydrogen-bond acceptors (Lipinski definition) is 5. The summed E-state index contributed by atoms with van der Waals surface area (Å²) in [6.07, 6.45) is 9.13. The average molecular weight is 349 g/mol. The monoisotopic (exact) mass is 349 g/mol. The Bertz CT molecular complexity index is 522. The first-order chi connectivity index (χ1) is 11.8. The zero-order valence-corrected chi connectivity index (χ0v) is 15.9. The van der Waals surface area contributed by atoms with Crippen molar-refractivity contribution in [2.45, 2.75) is 65.1 Å². The average Bonchev–Trinajstić information content (AvgIpc) is 2.58. The van der Waals surface area contributed by atoms with E-state index < -0.39 is 5.60 Å². The lowest BCUT2D eigenvalue weighted by molar-refractivity contribution is 0.0169. The number of amides is 1. The van der Waals surface area contributed by atoms with E-state index in [1.807, 2.05) is 32.6 Å². The maximum atomic E-state index is 12.1. The highest BCUT2D eigenvalue weighted by molar-refractivity contribution is 5.68. The van der Waals surface area contributed by atoms with Crippen LogP contribution in [-0.4, -0.2) is 46.3 Å². The smallest absolute Gasteiger partial charge is 0.410 e. The predicted octanol–water partition coefficient (Wildman–Crippen LogP) is 3.98. The Balaban J connectivity index is 1.60. The lowest BCUT2D eigenvalue weighted by Gasteiger charge is -2.33. The van der Waals surface area contributed by atoms with Gasteiger partial charge in [0.05, 0.1) is 18.0 Å². The number of carbonyl (C=O) groups is 1. The van der Waals surface area contributed by atoms with Crippen molar-refractivity contribution >= 4 is 6.09 Å². The van der Waals surface area contributed by atoms with Crippen molar-refractivity contribution < 1.29 is 14.3 Å². The van der Waals surface area contributed by atoms with Crippen LogP contribution < -0.4 is 0 Å². The fourth-order valence-electron chi connectivity index (χ4n) is 2.97. The van der Waals surface area contributed by atoms with Crippen LogP contribution in [0.1, 0.15) is 65.2 Å². The maximum absolute atomic E-state index is 12.1. The van der Waals surface area contributed by atoms with Crippen molar-refractivity contribution in [3.63, 3.8) is 0 Å². The molecule has 2 rings (SSSR count). The summed E-state index contributed by atoms with van der Waals surface area (Å²) in [5.41, 5.74) is 0.443. The Hall–Kier alpha value is -1.69. The summed E-state index contributed by atoms with van der Waals surface area (Å²) in [6, 6.07) is 0. The Morgan fingerprint density at radius 1 is 1.32 bits per heavy atom. The van der Waals surface area contributed by atoms with Crippen molar-refractivity contribution in [1.82, 2.24) is 14.9 Å². The van der Waals surface area contributed by atoms with E-state index in [4.69, 9.17) is 9.47 Å². The van der Waals surface area contributed by atoms with Gasteiger partial charge >= 0.3 is 6.09 Å². The number of nitrogens with zero attached hydrogens (tertiary/aromatic N) is 3. The van der Waals surface area contributed by atoms with Gasteiger partial charge in [-0.15, -0.1) is 0 Å². The molecule has 0 aliphatic carbocycles. The number of carbonyl (C=O) groups excluding carboxylic acids is 1. The molecule has 0 saturated carbocycles. The molecule has 0 unspecified atom stereocenters. The first-order valence-electron chi connectivity index (χ1n) is 9.20. The van der Waals surface area contributed by atoms with Gasteiger partial charge < -0.3 is 14.4 Å². The molecule has 1 aliphatic heterocycles. The van der Waals surface area contributed by atoms with Gasteiger partial charge in [-0.05, 0) is 59.3 Å². The lowest BCUT2D eigenvalue weighted by Crippen LogP contribution is -2.41. The molecule has 1 aliphatic rings. The van der Waals surface area contributed by atoms with Crippen LogP contribution in [-0.2, 0) is 9.47 Å². The van der Waals surface area contributed by atoms with Gasteiger partial charge in [-0.2, -0.15) is 0 Å².